The monoisotopic (exact) mass is 530 g/mol. The summed E-state index contributed by atoms with van der Waals surface area (Å²) in [6.07, 6.45) is 18.2. The highest BCUT2D eigenvalue weighted by molar-refractivity contribution is 5.60. The molecule has 0 radical (unpaired) electrons. The molecule has 4 nitrogen and oxygen atoms in total. The van der Waals surface area contributed by atoms with Gasteiger partial charge in [0.05, 0.1) is 6.61 Å². The van der Waals surface area contributed by atoms with Crippen LogP contribution in [-0.2, 0) is 14.2 Å². The van der Waals surface area contributed by atoms with Crippen molar-refractivity contribution in [3.63, 3.8) is 0 Å². The van der Waals surface area contributed by atoms with Crippen LogP contribution in [0.25, 0.3) is 0 Å². The molecule has 0 unspecified atom stereocenters. The van der Waals surface area contributed by atoms with Gasteiger partial charge in [0.15, 0.2) is 0 Å². The van der Waals surface area contributed by atoms with Crippen molar-refractivity contribution in [3.05, 3.63) is 11.6 Å². The number of ether oxygens (including phenoxy) is 3. The smallest absolute Gasteiger partial charge is 0.432 e. The zero-order valence-corrected chi connectivity index (χ0v) is 25.6. The molecule has 0 amide bonds. The second kappa shape index (κ2) is 13.1. The van der Waals surface area contributed by atoms with Gasteiger partial charge in [-0.1, -0.05) is 78.9 Å². The zero-order chi connectivity index (χ0) is 27.3. The van der Waals surface area contributed by atoms with E-state index in [1.165, 1.54) is 51.4 Å². The maximum atomic E-state index is 12.3. The van der Waals surface area contributed by atoms with E-state index in [0.717, 1.165) is 74.2 Å². The predicted molar refractivity (Wildman–Crippen MR) is 155 cm³/mol. The molecular formula is C34H58O4. The normalized spacial score (nSPS) is 37.1. The molecular weight excluding hydrogens is 472 g/mol. The first-order valence-corrected chi connectivity index (χ1v) is 16.3. The standard InChI is InChI=1S/C34H58O4/c1-7-8-20-36-21-22-37-32(35)38-27-16-18-33(5)26(23-27)12-13-28-30-15-14-29(25(4)11-9-10-24(2)3)34(30,6)19-17-31(28)33/h12,24-25,27-31H,7-11,13-23H2,1-6H3/t25-,27+,28+,29-,30+,31+,33+,34-/m1/s1. The van der Waals surface area contributed by atoms with Crippen LogP contribution in [0.1, 0.15) is 125 Å². The largest absolute Gasteiger partial charge is 0.508 e. The average Bonchev–Trinajstić information content (AvgIpc) is 3.23. The van der Waals surface area contributed by atoms with Gasteiger partial charge < -0.3 is 14.2 Å². The van der Waals surface area contributed by atoms with Gasteiger partial charge in [-0.25, -0.2) is 4.79 Å². The molecule has 4 rings (SSSR count). The Morgan fingerprint density at radius 2 is 1.79 bits per heavy atom. The van der Waals surface area contributed by atoms with Crippen LogP contribution in [0.2, 0.25) is 0 Å². The number of allylic oxidation sites excluding steroid dienone is 1. The topological polar surface area (TPSA) is 44.8 Å². The van der Waals surface area contributed by atoms with Crippen molar-refractivity contribution in [2.75, 3.05) is 19.8 Å². The molecule has 38 heavy (non-hydrogen) atoms. The van der Waals surface area contributed by atoms with Gasteiger partial charge in [0.25, 0.3) is 0 Å². The molecule has 0 spiro atoms. The summed E-state index contributed by atoms with van der Waals surface area (Å²) >= 11 is 0. The van der Waals surface area contributed by atoms with Crippen LogP contribution in [0.5, 0.6) is 0 Å². The van der Waals surface area contributed by atoms with E-state index in [4.69, 9.17) is 14.2 Å². The quantitative estimate of drug-likeness (QED) is 0.143. The molecule has 4 aliphatic rings. The van der Waals surface area contributed by atoms with Crippen LogP contribution < -0.4 is 0 Å². The predicted octanol–water partition coefficient (Wildman–Crippen LogP) is 9.37. The molecule has 8 atom stereocenters. The molecule has 218 valence electrons. The highest BCUT2D eigenvalue weighted by Crippen LogP contribution is 2.67. The molecule has 0 bridgehead atoms. The number of carbonyl (C=O) groups is 1. The van der Waals surface area contributed by atoms with Crippen molar-refractivity contribution in [1.29, 1.82) is 0 Å². The lowest BCUT2D eigenvalue weighted by Gasteiger charge is -2.58. The molecule has 4 aliphatic carbocycles. The van der Waals surface area contributed by atoms with E-state index in [-0.39, 0.29) is 18.1 Å². The lowest BCUT2D eigenvalue weighted by atomic mass is 9.47. The van der Waals surface area contributed by atoms with Gasteiger partial charge in [-0.2, -0.15) is 0 Å². The van der Waals surface area contributed by atoms with Crippen LogP contribution in [0.15, 0.2) is 11.6 Å². The fraction of sp³-hybridized carbons (Fsp3) is 0.912. The van der Waals surface area contributed by atoms with E-state index < -0.39 is 6.16 Å². The molecule has 0 aromatic rings. The van der Waals surface area contributed by atoms with Crippen LogP contribution in [0.3, 0.4) is 0 Å². The number of carbonyl (C=O) groups excluding carboxylic acids is 1. The zero-order valence-electron chi connectivity index (χ0n) is 25.6. The van der Waals surface area contributed by atoms with Gasteiger partial charge in [-0.05, 0) is 97.7 Å². The van der Waals surface area contributed by atoms with Gasteiger partial charge in [0.1, 0.15) is 12.7 Å². The van der Waals surface area contributed by atoms with E-state index in [1.54, 1.807) is 5.57 Å². The maximum Gasteiger partial charge on any atom is 0.508 e. The number of rotatable bonds is 12. The first-order valence-electron chi connectivity index (χ1n) is 16.3. The first kappa shape index (κ1) is 29.9. The van der Waals surface area contributed by atoms with Gasteiger partial charge >= 0.3 is 6.16 Å². The average molecular weight is 531 g/mol. The number of hydrogen-bond donors (Lipinski definition) is 0. The fourth-order valence-corrected chi connectivity index (χ4v) is 9.46. The number of hydrogen-bond acceptors (Lipinski definition) is 4. The Bertz CT molecular complexity index is 804. The van der Waals surface area contributed by atoms with Crippen LogP contribution >= 0.6 is 0 Å². The van der Waals surface area contributed by atoms with Crippen molar-refractivity contribution < 1.29 is 19.0 Å². The van der Waals surface area contributed by atoms with E-state index in [2.05, 4.69) is 47.6 Å². The lowest BCUT2D eigenvalue weighted by molar-refractivity contribution is -0.0625. The van der Waals surface area contributed by atoms with Crippen LogP contribution in [0.4, 0.5) is 4.79 Å². The molecule has 0 aromatic heterocycles. The fourth-order valence-electron chi connectivity index (χ4n) is 9.46. The van der Waals surface area contributed by atoms with E-state index in [0.29, 0.717) is 12.0 Å². The maximum absolute atomic E-state index is 12.3. The van der Waals surface area contributed by atoms with E-state index in [9.17, 15) is 4.79 Å². The second-order valence-electron chi connectivity index (χ2n) is 14.3. The SMILES string of the molecule is CCCCOCCOC(=O)O[C@H]1CC[C@@]2(C)C(=CC[C@H]3[C@@H]4CC[C@H]([C@H](C)CCCC(C)C)[C@@]4(C)CC[C@@H]32)C1. The molecule has 0 aromatic carbocycles. The van der Waals surface area contributed by atoms with E-state index >= 15 is 0 Å². The third-order valence-electron chi connectivity index (χ3n) is 11.6. The first-order chi connectivity index (χ1) is 18.2. The summed E-state index contributed by atoms with van der Waals surface area (Å²) in [5.41, 5.74) is 2.37. The van der Waals surface area contributed by atoms with Crippen molar-refractivity contribution in [1.82, 2.24) is 0 Å². The number of fused-ring (bicyclic) bond motifs is 5. The molecule has 0 saturated heterocycles. The Labute approximate surface area is 234 Å². The molecule has 0 aliphatic heterocycles. The van der Waals surface area contributed by atoms with Crippen molar-refractivity contribution in [2.45, 2.75) is 131 Å². The Kier molecular flexibility index (Phi) is 10.3. The summed E-state index contributed by atoms with van der Waals surface area (Å²) in [6, 6.07) is 0. The van der Waals surface area contributed by atoms with Gasteiger partial charge in [0.2, 0.25) is 0 Å². The summed E-state index contributed by atoms with van der Waals surface area (Å²) < 4.78 is 16.5. The minimum Gasteiger partial charge on any atom is -0.432 e. The highest BCUT2D eigenvalue weighted by atomic mass is 16.7. The van der Waals surface area contributed by atoms with Crippen LogP contribution in [-0.4, -0.2) is 32.1 Å². The third kappa shape index (κ3) is 6.47. The molecule has 3 saturated carbocycles. The summed E-state index contributed by atoms with van der Waals surface area (Å²) in [5, 5.41) is 0. The molecule has 0 heterocycles. The lowest BCUT2D eigenvalue weighted by Crippen LogP contribution is -2.51. The van der Waals surface area contributed by atoms with Crippen LogP contribution in [0, 0.1) is 46.3 Å². The van der Waals surface area contributed by atoms with Crippen molar-refractivity contribution in [2.24, 2.45) is 46.3 Å². The minimum atomic E-state index is -0.528. The van der Waals surface area contributed by atoms with E-state index in [1.807, 2.05) is 0 Å². The summed E-state index contributed by atoms with van der Waals surface area (Å²) in [5.74, 6) is 5.12. The Hall–Kier alpha value is -1.03. The van der Waals surface area contributed by atoms with Crippen molar-refractivity contribution >= 4 is 6.16 Å². The highest BCUT2D eigenvalue weighted by Gasteiger charge is 2.59. The third-order valence-corrected chi connectivity index (χ3v) is 11.6. The van der Waals surface area contributed by atoms with Gasteiger partial charge in [-0.3, -0.25) is 0 Å². The van der Waals surface area contributed by atoms with Gasteiger partial charge in [0, 0.05) is 13.0 Å². The Morgan fingerprint density at radius 3 is 2.55 bits per heavy atom. The Morgan fingerprint density at radius 1 is 0.974 bits per heavy atom. The van der Waals surface area contributed by atoms with Gasteiger partial charge in [-0.15, -0.1) is 0 Å². The minimum absolute atomic E-state index is 0.0456. The molecule has 0 N–H and O–H groups in total. The molecule has 3 fully saturated rings. The number of unbranched alkanes of at least 4 members (excludes halogenated alkanes) is 1. The Balaban J connectivity index is 1.31. The second-order valence-corrected chi connectivity index (χ2v) is 14.3. The van der Waals surface area contributed by atoms with Crippen molar-refractivity contribution in [3.8, 4) is 0 Å². The summed E-state index contributed by atoms with van der Waals surface area (Å²) in [7, 11) is 0. The summed E-state index contributed by atoms with van der Waals surface area (Å²) in [4.78, 5) is 12.3. The summed E-state index contributed by atoms with van der Waals surface area (Å²) in [6.45, 7) is 16.1. The molecule has 4 heteroatoms.